The zero-order chi connectivity index (χ0) is 18.6. The summed E-state index contributed by atoms with van der Waals surface area (Å²) in [6.07, 6.45) is 2.26. The SMILES string of the molecule is C=CCNC(=NC)NCc1cccc(NC(=O)CCN2CCOCC2)c1. The maximum absolute atomic E-state index is 12.2. The first kappa shape index (κ1) is 19.9. The Morgan fingerprint density at radius 1 is 1.35 bits per heavy atom. The highest BCUT2D eigenvalue weighted by Crippen LogP contribution is 2.11. The molecule has 0 atom stereocenters. The fourth-order valence-corrected chi connectivity index (χ4v) is 2.64. The molecular weight excluding hydrogens is 330 g/mol. The molecule has 0 unspecified atom stereocenters. The van der Waals surface area contributed by atoms with Crippen LogP contribution < -0.4 is 16.0 Å². The van der Waals surface area contributed by atoms with Crippen molar-refractivity contribution in [1.82, 2.24) is 15.5 Å². The van der Waals surface area contributed by atoms with Crippen LogP contribution in [0.1, 0.15) is 12.0 Å². The zero-order valence-electron chi connectivity index (χ0n) is 15.5. The molecule has 1 amide bonds. The van der Waals surface area contributed by atoms with E-state index in [0.717, 1.165) is 44.1 Å². The van der Waals surface area contributed by atoms with Gasteiger partial charge in [0.05, 0.1) is 13.2 Å². The molecule has 3 N–H and O–H groups in total. The van der Waals surface area contributed by atoms with Crippen molar-refractivity contribution in [3.05, 3.63) is 42.5 Å². The summed E-state index contributed by atoms with van der Waals surface area (Å²) in [4.78, 5) is 18.6. The average molecular weight is 359 g/mol. The van der Waals surface area contributed by atoms with E-state index in [0.29, 0.717) is 25.5 Å². The topological polar surface area (TPSA) is 78.0 Å². The van der Waals surface area contributed by atoms with Gasteiger partial charge in [-0.2, -0.15) is 0 Å². The van der Waals surface area contributed by atoms with Crippen LogP contribution in [-0.4, -0.2) is 63.2 Å². The molecular formula is C19H29N5O2. The van der Waals surface area contributed by atoms with Crippen molar-refractivity contribution in [3.63, 3.8) is 0 Å². The number of aliphatic imine (C=N–C) groups is 1. The monoisotopic (exact) mass is 359 g/mol. The van der Waals surface area contributed by atoms with Crippen molar-refractivity contribution in [3.8, 4) is 0 Å². The summed E-state index contributed by atoms with van der Waals surface area (Å²) in [5, 5.41) is 9.32. The number of amides is 1. The Kier molecular flexibility index (Phi) is 8.65. The van der Waals surface area contributed by atoms with Crippen LogP contribution in [0.5, 0.6) is 0 Å². The lowest BCUT2D eigenvalue weighted by Crippen LogP contribution is -2.38. The second kappa shape index (κ2) is 11.3. The van der Waals surface area contributed by atoms with Crippen LogP contribution in [0.3, 0.4) is 0 Å². The molecule has 7 nitrogen and oxygen atoms in total. The Hall–Kier alpha value is -2.38. The summed E-state index contributed by atoms with van der Waals surface area (Å²) >= 11 is 0. The molecule has 26 heavy (non-hydrogen) atoms. The van der Waals surface area contributed by atoms with E-state index in [1.807, 2.05) is 24.3 Å². The Morgan fingerprint density at radius 3 is 2.88 bits per heavy atom. The first-order valence-electron chi connectivity index (χ1n) is 8.95. The van der Waals surface area contributed by atoms with Crippen molar-refractivity contribution in [2.75, 3.05) is 51.8 Å². The molecule has 1 saturated heterocycles. The van der Waals surface area contributed by atoms with Crippen LogP contribution in [0.2, 0.25) is 0 Å². The summed E-state index contributed by atoms with van der Waals surface area (Å²) in [6.45, 7) is 9.01. The van der Waals surface area contributed by atoms with Gasteiger partial charge in [0.25, 0.3) is 0 Å². The van der Waals surface area contributed by atoms with Crippen LogP contribution in [0, 0.1) is 0 Å². The number of guanidine groups is 1. The van der Waals surface area contributed by atoms with E-state index in [1.54, 1.807) is 13.1 Å². The second-order valence-electron chi connectivity index (χ2n) is 6.05. The number of rotatable bonds is 8. The molecule has 1 aliphatic heterocycles. The summed E-state index contributed by atoms with van der Waals surface area (Å²) in [6, 6.07) is 7.83. The molecule has 0 saturated carbocycles. The highest BCUT2D eigenvalue weighted by molar-refractivity contribution is 5.90. The molecule has 1 fully saturated rings. The van der Waals surface area contributed by atoms with Gasteiger partial charge in [-0.15, -0.1) is 6.58 Å². The lowest BCUT2D eigenvalue weighted by molar-refractivity contribution is -0.116. The third-order valence-corrected chi connectivity index (χ3v) is 4.07. The highest BCUT2D eigenvalue weighted by Gasteiger charge is 2.12. The number of carbonyl (C=O) groups excluding carboxylic acids is 1. The van der Waals surface area contributed by atoms with E-state index in [9.17, 15) is 4.79 Å². The number of anilines is 1. The van der Waals surface area contributed by atoms with Crippen LogP contribution in [0.25, 0.3) is 0 Å². The number of nitrogens with zero attached hydrogens (tertiary/aromatic N) is 2. The number of benzene rings is 1. The van der Waals surface area contributed by atoms with Gasteiger partial charge in [-0.1, -0.05) is 18.2 Å². The van der Waals surface area contributed by atoms with E-state index >= 15 is 0 Å². The zero-order valence-corrected chi connectivity index (χ0v) is 15.5. The van der Waals surface area contributed by atoms with E-state index in [2.05, 4.69) is 32.4 Å². The van der Waals surface area contributed by atoms with Gasteiger partial charge in [-0.25, -0.2) is 0 Å². The maximum atomic E-state index is 12.2. The highest BCUT2D eigenvalue weighted by atomic mass is 16.5. The molecule has 0 aliphatic carbocycles. The van der Waals surface area contributed by atoms with Gasteiger partial charge in [-0.3, -0.25) is 14.7 Å². The number of hydrogen-bond acceptors (Lipinski definition) is 4. The molecule has 2 rings (SSSR count). The molecule has 1 aromatic carbocycles. The largest absolute Gasteiger partial charge is 0.379 e. The van der Waals surface area contributed by atoms with Gasteiger partial charge in [0.2, 0.25) is 5.91 Å². The number of nitrogens with one attached hydrogen (secondary N) is 3. The fraction of sp³-hybridized carbons (Fsp3) is 0.474. The third kappa shape index (κ3) is 7.25. The van der Waals surface area contributed by atoms with Crippen molar-refractivity contribution in [2.45, 2.75) is 13.0 Å². The predicted octanol–water partition coefficient (Wildman–Crippen LogP) is 1.20. The van der Waals surface area contributed by atoms with Crippen LogP contribution in [0.15, 0.2) is 41.9 Å². The van der Waals surface area contributed by atoms with Gasteiger partial charge in [0.1, 0.15) is 0 Å². The summed E-state index contributed by atoms with van der Waals surface area (Å²) in [5.74, 6) is 0.745. The Balaban J connectivity index is 1.78. The van der Waals surface area contributed by atoms with Gasteiger partial charge < -0.3 is 20.7 Å². The molecule has 0 spiro atoms. The quantitative estimate of drug-likeness (QED) is 0.369. The Labute approximate surface area is 155 Å². The van der Waals surface area contributed by atoms with E-state index in [4.69, 9.17) is 4.74 Å². The minimum absolute atomic E-state index is 0.0325. The summed E-state index contributed by atoms with van der Waals surface area (Å²) in [5.41, 5.74) is 1.88. The van der Waals surface area contributed by atoms with E-state index in [-0.39, 0.29) is 5.91 Å². The summed E-state index contributed by atoms with van der Waals surface area (Å²) in [7, 11) is 1.73. The molecule has 0 radical (unpaired) electrons. The molecule has 7 heteroatoms. The van der Waals surface area contributed by atoms with Gasteiger partial charge in [0.15, 0.2) is 5.96 Å². The van der Waals surface area contributed by atoms with Gasteiger partial charge >= 0.3 is 0 Å². The molecule has 1 heterocycles. The lowest BCUT2D eigenvalue weighted by atomic mass is 10.2. The van der Waals surface area contributed by atoms with Gasteiger partial charge in [-0.05, 0) is 17.7 Å². The molecule has 1 aliphatic rings. The molecule has 0 bridgehead atoms. The van der Waals surface area contributed by atoms with Gasteiger partial charge in [0, 0.05) is 51.9 Å². The van der Waals surface area contributed by atoms with Crippen LogP contribution >= 0.6 is 0 Å². The van der Waals surface area contributed by atoms with E-state index in [1.165, 1.54) is 0 Å². The number of ether oxygens (including phenoxy) is 1. The van der Waals surface area contributed by atoms with Crippen molar-refractivity contribution < 1.29 is 9.53 Å². The fourth-order valence-electron chi connectivity index (χ4n) is 2.64. The predicted molar refractivity (Wildman–Crippen MR) is 105 cm³/mol. The van der Waals surface area contributed by atoms with Crippen LogP contribution in [0.4, 0.5) is 5.69 Å². The lowest BCUT2D eigenvalue weighted by Gasteiger charge is -2.26. The first-order chi connectivity index (χ1) is 12.7. The second-order valence-corrected chi connectivity index (χ2v) is 6.05. The average Bonchev–Trinajstić information content (AvgIpc) is 2.68. The minimum atomic E-state index is 0.0325. The minimum Gasteiger partial charge on any atom is -0.379 e. The molecule has 1 aromatic rings. The Bertz CT molecular complexity index is 612. The summed E-state index contributed by atoms with van der Waals surface area (Å²) < 4.78 is 5.32. The van der Waals surface area contributed by atoms with Crippen molar-refractivity contribution in [1.29, 1.82) is 0 Å². The maximum Gasteiger partial charge on any atom is 0.225 e. The third-order valence-electron chi connectivity index (χ3n) is 4.07. The number of hydrogen-bond donors (Lipinski definition) is 3. The Morgan fingerprint density at radius 2 is 2.15 bits per heavy atom. The smallest absolute Gasteiger partial charge is 0.225 e. The molecule has 142 valence electrons. The van der Waals surface area contributed by atoms with Crippen molar-refractivity contribution >= 4 is 17.6 Å². The van der Waals surface area contributed by atoms with E-state index < -0.39 is 0 Å². The van der Waals surface area contributed by atoms with Crippen LogP contribution in [-0.2, 0) is 16.1 Å². The number of carbonyl (C=O) groups is 1. The number of morpholine rings is 1. The standard InChI is InChI=1S/C19H29N5O2/c1-3-8-21-19(20-2)22-15-16-5-4-6-17(14-16)23-18(25)7-9-24-10-12-26-13-11-24/h3-6,14H,1,7-13,15H2,2H3,(H,23,25)(H2,20,21,22). The normalized spacial score (nSPS) is 15.3. The van der Waals surface area contributed by atoms with Crippen molar-refractivity contribution in [2.24, 2.45) is 4.99 Å². The first-order valence-corrected chi connectivity index (χ1v) is 8.95. The molecule has 0 aromatic heterocycles.